The Hall–Kier alpha value is -0.550. The van der Waals surface area contributed by atoms with E-state index < -0.39 is 23.0 Å². The van der Waals surface area contributed by atoms with Crippen LogP contribution >= 0.6 is 15.9 Å². The Bertz CT molecular complexity index is 401. The van der Waals surface area contributed by atoms with E-state index in [0.29, 0.717) is 13.0 Å². The highest BCUT2D eigenvalue weighted by Gasteiger charge is 2.37. The molecule has 0 bridgehead atoms. The summed E-state index contributed by atoms with van der Waals surface area (Å²) in [6.45, 7) is 2.37. The number of hydrogen-bond acceptors (Lipinski definition) is 1. The van der Waals surface area contributed by atoms with Gasteiger partial charge in [-0.25, -0.2) is 13.2 Å². The van der Waals surface area contributed by atoms with E-state index in [4.69, 9.17) is 0 Å². The van der Waals surface area contributed by atoms with Crippen molar-refractivity contribution in [3.05, 3.63) is 33.6 Å². The molecule has 1 unspecified atom stereocenters. The smallest absolute Gasteiger partial charge is 0.166 e. The first kappa shape index (κ1) is 11.9. The van der Waals surface area contributed by atoms with Gasteiger partial charge in [-0.2, -0.15) is 0 Å². The second-order valence-corrected chi connectivity index (χ2v) is 5.06. The van der Waals surface area contributed by atoms with Crippen LogP contribution in [-0.4, -0.2) is 6.54 Å². The molecule has 16 heavy (non-hydrogen) atoms. The standard InChI is InChI=1S/C11H11BrF3N/c1-11(3-2-4-16-11)8-9(14)6(12)5-7(13)10(8)15/h5,16H,2-4H2,1H3. The molecule has 0 radical (unpaired) electrons. The van der Waals surface area contributed by atoms with Gasteiger partial charge in [-0.15, -0.1) is 0 Å². The fourth-order valence-corrected chi connectivity index (χ4v) is 2.56. The molecule has 5 heteroatoms. The van der Waals surface area contributed by atoms with E-state index in [0.717, 1.165) is 12.5 Å². The number of halogens is 4. The first-order valence-corrected chi connectivity index (χ1v) is 5.83. The highest BCUT2D eigenvalue weighted by molar-refractivity contribution is 9.10. The van der Waals surface area contributed by atoms with Gasteiger partial charge in [0.05, 0.1) is 4.47 Å². The molecule has 1 aromatic carbocycles. The number of nitrogens with one attached hydrogen (secondary N) is 1. The van der Waals surface area contributed by atoms with E-state index in [1.54, 1.807) is 6.92 Å². The third-order valence-electron chi connectivity index (χ3n) is 3.03. The molecule has 0 amide bonds. The van der Waals surface area contributed by atoms with Gasteiger partial charge in [-0.05, 0) is 48.3 Å². The van der Waals surface area contributed by atoms with Gasteiger partial charge in [-0.3, -0.25) is 0 Å². The summed E-state index contributed by atoms with van der Waals surface area (Å²) in [6.07, 6.45) is 1.42. The van der Waals surface area contributed by atoms with Crippen LogP contribution in [0, 0.1) is 17.5 Å². The summed E-state index contributed by atoms with van der Waals surface area (Å²) < 4.78 is 40.7. The lowest BCUT2D eigenvalue weighted by molar-refractivity contribution is 0.370. The first-order chi connectivity index (χ1) is 7.46. The molecule has 1 atom stereocenters. The summed E-state index contributed by atoms with van der Waals surface area (Å²) in [7, 11) is 0. The Labute approximate surface area is 100 Å². The molecule has 1 aromatic rings. The van der Waals surface area contributed by atoms with Gasteiger partial charge >= 0.3 is 0 Å². The summed E-state index contributed by atoms with van der Waals surface area (Å²) in [5.74, 6) is -2.85. The van der Waals surface area contributed by atoms with Crippen molar-refractivity contribution in [1.29, 1.82) is 0 Å². The van der Waals surface area contributed by atoms with E-state index >= 15 is 0 Å². The predicted octanol–water partition coefficient (Wildman–Crippen LogP) is 3.47. The molecule has 1 saturated heterocycles. The van der Waals surface area contributed by atoms with E-state index in [9.17, 15) is 13.2 Å². The second-order valence-electron chi connectivity index (χ2n) is 4.21. The van der Waals surface area contributed by atoms with Crippen molar-refractivity contribution in [1.82, 2.24) is 5.32 Å². The summed E-state index contributed by atoms with van der Waals surface area (Å²) >= 11 is 2.89. The van der Waals surface area contributed by atoms with Crippen LogP contribution in [0.1, 0.15) is 25.3 Å². The Morgan fingerprint density at radius 1 is 1.31 bits per heavy atom. The molecule has 0 saturated carbocycles. The zero-order chi connectivity index (χ0) is 11.9. The Morgan fingerprint density at radius 2 is 2.00 bits per heavy atom. The lowest BCUT2D eigenvalue weighted by Gasteiger charge is -2.26. The molecule has 1 fully saturated rings. The van der Waals surface area contributed by atoms with Crippen LogP contribution in [0.25, 0.3) is 0 Å². The van der Waals surface area contributed by atoms with E-state index in [-0.39, 0.29) is 10.0 Å². The molecule has 2 rings (SSSR count). The SMILES string of the molecule is CC1(c2c(F)c(F)cc(Br)c2F)CCCN1. The van der Waals surface area contributed by atoms with E-state index in [2.05, 4.69) is 21.2 Å². The molecule has 1 aliphatic heterocycles. The molecule has 88 valence electrons. The van der Waals surface area contributed by atoms with Gasteiger partial charge < -0.3 is 5.32 Å². The zero-order valence-corrected chi connectivity index (χ0v) is 10.3. The highest BCUT2D eigenvalue weighted by atomic mass is 79.9. The average molecular weight is 294 g/mol. The van der Waals surface area contributed by atoms with Gasteiger partial charge in [0, 0.05) is 11.1 Å². The number of hydrogen-bond donors (Lipinski definition) is 1. The average Bonchev–Trinajstić information content (AvgIpc) is 2.63. The quantitative estimate of drug-likeness (QED) is 0.782. The molecular weight excluding hydrogens is 283 g/mol. The fourth-order valence-electron chi connectivity index (χ4n) is 2.17. The lowest BCUT2D eigenvalue weighted by atomic mass is 9.89. The highest BCUT2D eigenvalue weighted by Crippen LogP contribution is 2.37. The second kappa shape index (κ2) is 4.04. The predicted molar refractivity (Wildman–Crippen MR) is 58.6 cm³/mol. The van der Waals surface area contributed by atoms with Gasteiger partial charge in [-0.1, -0.05) is 0 Å². The summed E-state index contributed by atoms with van der Waals surface area (Å²) in [6, 6.07) is 0.812. The molecule has 1 aliphatic rings. The third-order valence-corrected chi connectivity index (χ3v) is 3.61. The van der Waals surface area contributed by atoms with E-state index in [1.165, 1.54) is 0 Å². The van der Waals surface area contributed by atoms with E-state index in [1.807, 2.05) is 0 Å². The van der Waals surface area contributed by atoms with Gasteiger partial charge in [0.25, 0.3) is 0 Å². The van der Waals surface area contributed by atoms with Crippen molar-refractivity contribution in [2.45, 2.75) is 25.3 Å². The van der Waals surface area contributed by atoms with Crippen molar-refractivity contribution in [3.63, 3.8) is 0 Å². The molecule has 1 N–H and O–H groups in total. The van der Waals surface area contributed by atoms with Crippen molar-refractivity contribution < 1.29 is 13.2 Å². The van der Waals surface area contributed by atoms with Crippen molar-refractivity contribution >= 4 is 15.9 Å². The minimum atomic E-state index is -1.10. The Kier molecular flexibility index (Phi) is 3.01. The topological polar surface area (TPSA) is 12.0 Å². The maximum absolute atomic E-state index is 13.8. The van der Waals surface area contributed by atoms with Crippen LogP contribution in [0.2, 0.25) is 0 Å². The molecule has 0 aromatic heterocycles. The fraction of sp³-hybridized carbons (Fsp3) is 0.455. The summed E-state index contributed by atoms with van der Waals surface area (Å²) in [5.41, 5.74) is -1.03. The maximum Gasteiger partial charge on any atom is 0.166 e. The van der Waals surface area contributed by atoms with Crippen LogP contribution in [0.5, 0.6) is 0 Å². The van der Waals surface area contributed by atoms with Crippen LogP contribution in [0.3, 0.4) is 0 Å². The van der Waals surface area contributed by atoms with Crippen molar-refractivity contribution in [2.75, 3.05) is 6.54 Å². The minimum absolute atomic E-state index is 0.0451. The molecule has 0 spiro atoms. The molecule has 1 heterocycles. The minimum Gasteiger partial charge on any atom is -0.307 e. The van der Waals surface area contributed by atoms with Crippen molar-refractivity contribution in [2.24, 2.45) is 0 Å². The summed E-state index contributed by atoms with van der Waals surface area (Å²) in [5, 5.41) is 3.02. The summed E-state index contributed by atoms with van der Waals surface area (Å²) in [4.78, 5) is 0. The maximum atomic E-state index is 13.8. The normalized spacial score (nSPS) is 25.1. The lowest BCUT2D eigenvalue weighted by Crippen LogP contribution is -2.35. The Morgan fingerprint density at radius 3 is 2.56 bits per heavy atom. The van der Waals surface area contributed by atoms with Crippen LogP contribution < -0.4 is 5.32 Å². The molecule has 1 nitrogen and oxygen atoms in total. The van der Waals surface area contributed by atoms with Crippen LogP contribution in [-0.2, 0) is 5.54 Å². The van der Waals surface area contributed by atoms with Gasteiger partial charge in [0.1, 0.15) is 5.82 Å². The van der Waals surface area contributed by atoms with Gasteiger partial charge in [0.2, 0.25) is 0 Å². The third kappa shape index (κ3) is 1.76. The Balaban J connectivity index is 2.63. The monoisotopic (exact) mass is 293 g/mol. The zero-order valence-electron chi connectivity index (χ0n) is 8.71. The molecular formula is C11H11BrF3N. The molecule has 0 aliphatic carbocycles. The number of rotatable bonds is 1. The first-order valence-electron chi connectivity index (χ1n) is 5.04. The van der Waals surface area contributed by atoms with Crippen molar-refractivity contribution in [3.8, 4) is 0 Å². The number of benzene rings is 1. The van der Waals surface area contributed by atoms with Gasteiger partial charge in [0.15, 0.2) is 11.6 Å². The largest absolute Gasteiger partial charge is 0.307 e. The van der Waals surface area contributed by atoms with Crippen LogP contribution in [0.4, 0.5) is 13.2 Å². The van der Waals surface area contributed by atoms with Crippen LogP contribution in [0.15, 0.2) is 10.5 Å².